The number of carbonyl (C=O) groups excluding carboxylic acids is 1. The molecule has 0 fully saturated rings. The monoisotopic (exact) mass is 544 g/mol. The maximum atomic E-state index is 13.7. The number of esters is 1. The van der Waals surface area contributed by atoms with Crippen LogP contribution >= 0.6 is 11.3 Å². The number of rotatable bonds is 7. The molecule has 3 heterocycles. The summed E-state index contributed by atoms with van der Waals surface area (Å²) in [7, 11) is 1.33. The topological polar surface area (TPSA) is 97.6 Å². The quantitative estimate of drug-likeness (QED) is 0.422. The van der Waals surface area contributed by atoms with Crippen molar-refractivity contribution in [3.63, 3.8) is 0 Å². The number of hydrogen-bond donors (Lipinski definition) is 0. The van der Waals surface area contributed by atoms with Crippen LogP contribution in [0.1, 0.15) is 31.0 Å². The number of thiazole rings is 1. The first kappa shape index (κ1) is 25.5. The first-order chi connectivity index (χ1) is 18.3. The van der Waals surface area contributed by atoms with Crippen molar-refractivity contribution in [3.8, 4) is 23.0 Å². The van der Waals surface area contributed by atoms with Crippen LogP contribution in [0.5, 0.6) is 23.0 Å². The number of fused-ring (bicyclic) bond motifs is 2. The van der Waals surface area contributed by atoms with Gasteiger partial charge in [0.1, 0.15) is 0 Å². The highest BCUT2D eigenvalue weighted by molar-refractivity contribution is 7.07. The molecular formula is C26H22F2N2O7S. The van der Waals surface area contributed by atoms with Gasteiger partial charge >= 0.3 is 12.6 Å². The molecule has 1 aromatic heterocycles. The third kappa shape index (κ3) is 4.62. The molecule has 0 amide bonds. The second kappa shape index (κ2) is 10.3. The first-order valence-corrected chi connectivity index (χ1v) is 12.3. The number of nitrogens with zero attached hydrogens (tertiary/aromatic N) is 2. The number of alkyl halides is 2. The summed E-state index contributed by atoms with van der Waals surface area (Å²) in [6.45, 7) is 0.610. The summed E-state index contributed by atoms with van der Waals surface area (Å²) in [5, 5.41) is 0. The van der Waals surface area contributed by atoms with Gasteiger partial charge < -0.3 is 23.7 Å². The van der Waals surface area contributed by atoms with Crippen molar-refractivity contribution in [2.24, 2.45) is 4.99 Å². The van der Waals surface area contributed by atoms with Gasteiger partial charge in [-0.25, -0.2) is 9.79 Å². The van der Waals surface area contributed by atoms with E-state index in [1.54, 1.807) is 38.1 Å². The van der Waals surface area contributed by atoms with E-state index in [9.17, 15) is 18.4 Å². The average Bonchev–Trinajstić information content (AvgIpc) is 3.47. The molecule has 3 aromatic rings. The lowest BCUT2D eigenvalue weighted by Crippen LogP contribution is -2.39. The zero-order chi connectivity index (χ0) is 27.0. The molecule has 198 valence electrons. The van der Waals surface area contributed by atoms with E-state index in [1.165, 1.54) is 29.9 Å². The van der Waals surface area contributed by atoms with Gasteiger partial charge in [-0.3, -0.25) is 9.36 Å². The van der Waals surface area contributed by atoms with Crippen molar-refractivity contribution in [1.29, 1.82) is 0 Å². The van der Waals surface area contributed by atoms with Gasteiger partial charge in [-0.15, -0.1) is 0 Å². The number of aromatic nitrogens is 1. The number of halogens is 2. The van der Waals surface area contributed by atoms with Gasteiger partial charge in [-0.05, 0) is 55.3 Å². The van der Waals surface area contributed by atoms with Crippen molar-refractivity contribution < 1.29 is 37.3 Å². The maximum Gasteiger partial charge on any atom is 0.387 e. The number of carbonyl (C=O) groups is 1. The summed E-state index contributed by atoms with van der Waals surface area (Å²) in [6, 6.07) is 8.75. The number of hydrogen-bond acceptors (Lipinski definition) is 9. The zero-order valence-electron chi connectivity index (χ0n) is 20.5. The minimum Gasteiger partial charge on any atom is -0.493 e. The number of ether oxygens (including phenoxy) is 5. The Labute approximate surface area is 218 Å². The van der Waals surface area contributed by atoms with Crippen LogP contribution in [0.4, 0.5) is 8.78 Å². The molecule has 2 aromatic carbocycles. The summed E-state index contributed by atoms with van der Waals surface area (Å²) in [5.41, 5.74) is 1.41. The van der Waals surface area contributed by atoms with Crippen LogP contribution in [0.15, 0.2) is 57.5 Å². The second-order valence-corrected chi connectivity index (χ2v) is 9.21. The lowest BCUT2D eigenvalue weighted by Gasteiger charge is -2.24. The summed E-state index contributed by atoms with van der Waals surface area (Å²) < 4.78 is 53.0. The lowest BCUT2D eigenvalue weighted by atomic mass is 9.95. The van der Waals surface area contributed by atoms with Gasteiger partial charge in [0.15, 0.2) is 27.8 Å². The van der Waals surface area contributed by atoms with E-state index in [2.05, 4.69) is 9.73 Å². The molecule has 0 radical (unpaired) electrons. The standard InChI is InChI=1S/C26H22F2N2O7S/c1-4-34-24(32)21-13(2)29-26-30(22(21)15-6-8-16-19(11-15)36-12-35-16)23(31)20(38-26)10-14-5-7-17(37-25(27)28)18(9-14)33-3/h5-11,22,25H,4,12H2,1-3H3/b20-10+/t22-/m0/s1. The van der Waals surface area contributed by atoms with E-state index < -0.39 is 24.2 Å². The molecule has 2 aliphatic heterocycles. The van der Waals surface area contributed by atoms with Crippen molar-refractivity contribution in [1.82, 2.24) is 4.57 Å². The van der Waals surface area contributed by atoms with Crippen LogP contribution in [-0.4, -0.2) is 37.7 Å². The first-order valence-electron chi connectivity index (χ1n) is 11.5. The molecule has 12 heteroatoms. The van der Waals surface area contributed by atoms with Crippen LogP contribution in [-0.2, 0) is 9.53 Å². The Hall–Kier alpha value is -4.19. The third-order valence-electron chi connectivity index (χ3n) is 5.93. The molecule has 5 rings (SSSR count). The Kier molecular flexibility index (Phi) is 6.89. The number of allylic oxidation sites excluding steroid dienone is 1. The summed E-state index contributed by atoms with van der Waals surface area (Å²) in [4.78, 5) is 31.7. The van der Waals surface area contributed by atoms with E-state index in [0.717, 1.165) is 11.3 Å². The normalized spacial score (nSPS) is 16.4. The second-order valence-electron chi connectivity index (χ2n) is 8.20. The molecule has 0 saturated heterocycles. The van der Waals surface area contributed by atoms with Gasteiger partial charge in [0.25, 0.3) is 5.56 Å². The largest absolute Gasteiger partial charge is 0.493 e. The molecule has 9 nitrogen and oxygen atoms in total. The average molecular weight is 545 g/mol. The smallest absolute Gasteiger partial charge is 0.387 e. The van der Waals surface area contributed by atoms with Gasteiger partial charge in [0, 0.05) is 0 Å². The number of benzene rings is 2. The predicted molar refractivity (Wildman–Crippen MR) is 133 cm³/mol. The Morgan fingerprint density at radius 3 is 2.74 bits per heavy atom. The molecule has 0 spiro atoms. The van der Waals surface area contributed by atoms with Crippen molar-refractivity contribution >= 4 is 23.4 Å². The summed E-state index contributed by atoms with van der Waals surface area (Å²) in [6.07, 6.45) is 1.60. The van der Waals surface area contributed by atoms with Crippen molar-refractivity contribution in [3.05, 3.63) is 78.5 Å². The van der Waals surface area contributed by atoms with Gasteiger partial charge in [-0.1, -0.05) is 23.5 Å². The minimum absolute atomic E-state index is 0.0751. The van der Waals surface area contributed by atoms with Crippen LogP contribution in [0.3, 0.4) is 0 Å². The summed E-state index contributed by atoms with van der Waals surface area (Å²) in [5.74, 6) is 0.447. The van der Waals surface area contributed by atoms with E-state index in [0.29, 0.717) is 37.7 Å². The van der Waals surface area contributed by atoms with E-state index >= 15 is 0 Å². The minimum atomic E-state index is -3.01. The SMILES string of the molecule is CCOC(=O)C1=C(C)N=c2s/c(=C/c3ccc(OC(F)F)c(OC)c3)c(=O)n2[C@H]1c1ccc2c(c1)OCO2. The van der Waals surface area contributed by atoms with Crippen LogP contribution in [0, 0.1) is 0 Å². The Morgan fingerprint density at radius 2 is 2.00 bits per heavy atom. The Bertz CT molecular complexity index is 1630. The molecule has 0 aliphatic carbocycles. The molecule has 38 heavy (non-hydrogen) atoms. The summed E-state index contributed by atoms with van der Waals surface area (Å²) >= 11 is 1.13. The van der Waals surface area contributed by atoms with Crippen molar-refractivity contribution in [2.75, 3.05) is 20.5 Å². The molecule has 2 aliphatic rings. The molecule has 1 atom stereocenters. The zero-order valence-corrected chi connectivity index (χ0v) is 21.3. The van der Waals surface area contributed by atoms with E-state index in [1.807, 2.05) is 0 Å². The third-order valence-corrected chi connectivity index (χ3v) is 6.91. The Balaban J connectivity index is 1.66. The van der Waals surface area contributed by atoms with Gasteiger partial charge in [-0.2, -0.15) is 8.78 Å². The molecular weight excluding hydrogens is 522 g/mol. The van der Waals surface area contributed by atoms with Crippen LogP contribution in [0.2, 0.25) is 0 Å². The fourth-order valence-corrected chi connectivity index (χ4v) is 5.36. The lowest BCUT2D eigenvalue weighted by molar-refractivity contribution is -0.139. The predicted octanol–water partition coefficient (Wildman–Crippen LogP) is 3.14. The fraction of sp³-hybridized carbons (Fsp3) is 0.269. The fourth-order valence-electron chi connectivity index (χ4n) is 4.31. The number of methoxy groups -OCH3 is 1. The van der Waals surface area contributed by atoms with Crippen molar-refractivity contribution in [2.45, 2.75) is 26.5 Å². The highest BCUT2D eigenvalue weighted by atomic mass is 32.1. The van der Waals surface area contributed by atoms with Crippen LogP contribution in [0.25, 0.3) is 6.08 Å². The van der Waals surface area contributed by atoms with E-state index in [4.69, 9.17) is 18.9 Å². The van der Waals surface area contributed by atoms with E-state index in [-0.39, 0.29) is 30.5 Å². The maximum absolute atomic E-state index is 13.7. The highest BCUT2D eigenvalue weighted by Gasteiger charge is 2.34. The molecule has 0 bridgehead atoms. The molecule has 0 saturated carbocycles. The highest BCUT2D eigenvalue weighted by Crippen LogP contribution is 2.38. The van der Waals surface area contributed by atoms with Gasteiger partial charge in [0.2, 0.25) is 6.79 Å². The molecule has 0 unspecified atom stereocenters. The van der Waals surface area contributed by atoms with Gasteiger partial charge in [0.05, 0.1) is 35.6 Å². The molecule has 0 N–H and O–H groups in total. The van der Waals surface area contributed by atoms with Crippen LogP contribution < -0.4 is 33.8 Å². The Morgan fingerprint density at radius 1 is 1.21 bits per heavy atom.